The van der Waals surface area contributed by atoms with Gasteiger partial charge in [0.1, 0.15) is 6.61 Å². The number of carbonyl (C=O) groups excluding carboxylic acids is 1. The second-order valence-electron chi connectivity index (χ2n) is 6.12. The van der Waals surface area contributed by atoms with Crippen molar-refractivity contribution in [1.82, 2.24) is 4.98 Å². The van der Waals surface area contributed by atoms with Gasteiger partial charge >= 0.3 is 5.97 Å². The Kier molecular flexibility index (Phi) is 5.81. The second kappa shape index (κ2) is 8.27. The van der Waals surface area contributed by atoms with Crippen molar-refractivity contribution in [3.8, 4) is 11.5 Å². The number of pyridine rings is 1. The molecule has 0 saturated carbocycles. The molecule has 3 rings (SSSR count). The SMILES string of the molecule is COc1cc(C)ccc1OCC(=O)OCc1nc2ccccc2c(C)c1Cl. The number of esters is 1. The van der Waals surface area contributed by atoms with Crippen molar-refractivity contribution in [3.05, 3.63) is 64.3 Å². The average molecular weight is 386 g/mol. The lowest BCUT2D eigenvalue weighted by atomic mass is 10.1. The van der Waals surface area contributed by atoms with Crippen LogP contribution in [0.3, 0.4) is 0 Å². The van der Waals surface area contributed by atoms with Gasteiger partial charge in [-0.2, -0.15) is 0 Å². The molecule has 6 heteroatoms. The molecule has 140 valence electrons. The predicted octanol–water partition coefficient (Wildman–Crippen LogP) is 4.64. The molecular weight excluding hydrogens is 366 g/mol. The third kappa shape index (κ3) is 4.31. The zero-order chi connectivity index (χ0) is 19.4. The highest BCUT2D eigenvalue weighted by atomic mass is 35.5. The van der Waals surface area contributed by atoms with Crippen LogP contribution in [0.1, 0.15) is 16.8 Å². The van der Waals surface area contributed by atoms with Gasteiger partial charge < -0.3 is 14.2 Å². The summed E-state index contributed by atoms with van der Waals surface area (Å²) in [6.07, 6.45) is 0. The van der Waals surface area contributed by atoms with E-state index in [1.54, 1.807) is 13.2 Å². The van der Waals surface area contributed by atoms with E-state index >= 15 is 0 Å². The Morgan fingerprint density at radius 1 is 1.11 bits per heavy atom. The molecule has 0 saturated heterocycles. The maximum absolute atomic E-state index is 12.1. The highest BCUT2D eigenvalue weighted by Crippen LogP contribution is 2.28. The normalized spacial score (nSPS) is 10.7. The van der Waals surface area contributed by atoms with Crippen LogP contribution in [-0.4, -0.2) is 24.7 Å². The summed E-state index contributed by atoms with van der Waals surface area (Å²) < 4.78 is 16.0. The smallest absolute Gasteiger partial charge is 0.344 e. The van der Waals surface area contributed by atoms with Crippen LogP contribution in [0.15, 0.2) is 42.5 Å². The van der Waals surface area contributed by atoms with Gasteiger partial charge in [-0.1, -0.05) is 35.9 Å². The number of nitrogens with zero attached hydrogens (tertiary/aromatic N) is 1. The van der Waals surface area contributed by atoms with Crippen molar-refractivity contribution in [3.63, 3.8) is 0 Å². The summed E-state index contributed by atoms with van der Waals surface area (Å²) in [6.45, 7) is 3.62. The van der Waals surface area contributed by atoms with Crippen molar-refractivity contribution in [2.75, 3.05) is 13.7 Å². The Bertz CT molecular complexity index is 987. The Morgan fingerprint density at radius 3 is 2.67 bits per heavy atom. The van der Waals surface area contributed by atoms with Crippen LogP contribution in [-0.2, 0) is 16.1 Å². The Balaban J connectivity index is 1.64. The average Bonchev–Trinajstić information content (AvgIpc) is 2.68. The zero-order valence-corrected chi connectivity index (χ0v) is 16.2. The molecule has 0 aliphatic heterocycles. The van der Waals surface area contributed by atoms with Crippen molar-refractivity contribution in [2.45, 2.75) is 20.5 Å². The van der Waals surface area contributed by atoms with Gasteiger partial charge in [0.2, 0.25) is 0 Å². The van der Waals surface area contributed by atoms with E-state index < -0.39 is 5.97 Å². The number of ether oxygens (including phenoxy) is 3. The molecule has 0 spiro atoms. The van der Waals surface area contributed by atoms with Crippen LogP contribution >= 0.6 is 11.6 Å². The van der Waals surface area contributed by atoms with E-state index in [1.165, 1.54) is 0 Å². The van der Waals surface area contributed by atoms with Gasteiger partial charge in [0.15, 0.2) is 18.1 Å². The quantitative estimate of drug-likeness (QED) is 0.579. The number of fused-ring (bicyclic) bond motifs is 1. The topological polar surface area (TPSA) is 57.7 Å². The Hall–Kier alpha value is -2.79. The maximum Gasteiger partial charge on any atom is 0.344 e. The molecule has 0 amide bonds. The molecule has 0 aliphatic rings. The number of hydrogen-bond acceptors (Lipinski definition) is 5. The number of carbonyl (C=O) groups is 1. The van der Waals surface area contributed by atoms with Gasteiger partial charge in [-0.25, -0.2) is 9.78 Å². The van der Waals surface area contributed by atoms with Gasteiger partial charge in [-0.3, -0.25) is 0 Å². The number of aryl methyl sites for hydroxylation is 2. The molecule has 0 radical (unpaired) electrons. The molecule has 0 atom stereocenters. The van der Waals surface area contributed by atoms with Crippen LogP contribution in [0.25, 0.3) is 10.9 Å². The van der Waals surface area contributed by atoms with E-state index in [9.17, 15) is 4.79 Å². The van der Waals surface area contributed by atoms with Gasteiger partial charge in [0.25, 0.3) is 0 Å². The fraction of sp³-hybridized carbons (Fsp3) is 0.238. The van der Waals surface area contributed by atoms with E-state index in [2.05, 4.69) is 4.98 Å². The minimum atomic E-state index is -0.513. The molecular formula is C21H20ClNO4. The van der Waals surface area contributed by atoms with Gasteiger partial charge in [0, 0.05) is 5.39 Å². The molecule has 0 aliphatic carbocycles. The Labute approximate surface area is 162 Å². The van der Waals surface area contributed by atoms with E-state index in [1.807, 2.05) is 50.2 Å². The molecule has 0 N–H and O–H groups in total. The lowest BCUT2D eigenvalue weighted by molar-refractivity contribution is -0.147. The standard InChI is InChI=1S/C21H20ClNO4/c1-13-8-9-18(19(10-13)25-3)26-12-20(24)27-11-17-21(22)14(2)15-6-4-5-7-16(15)23-17/h4-10H,11-12H2,1-3H3. The highest BCUT2D eigenvalue weighted by molar-refractivity contribution is 6.32. The summed E-state index contributed by atoms with van der Waals surface area (Å²) in [6, 6.07) is 13.2. The van der Waals surface area contributed by atoms with Gasteiger partial charge in [0.05, 0.1) is 23.3 Å². The summed E-state index contributed by atoms with van der Waals surface area (Å²) >= 11 is 6.38. The first-order valence-electron chi connectivity index (χ1n) is 8.46. The molecule has 0 fully saturated rings. The first-order valence-corrected chi connectivity index (χ1v) is 8.84. The van der Waals surface area contributed by atoms with Crippen molar-refractivity contribution in [1.29, 1.82) is 0 Å². The predicted molar refractivity (Wildman–Crippen MR) is 105 cm³/mol. The van der Waals surface area contributed by atoms with Crippen molar-refractivity contribution >= 4 is 28.5 Å². The number of rotatable bonds is 6. The molecule has 3 aromatic rings. The monoisotopic (exact) mass is 385 g/mol. The largest absolute Gasteiger partial charge is 0.493 e. The highest BCUT2D eigenvalue weighted by Gasteiger charge is 2.13. The van der Waals surface area contributed by atoms with Crippen LogP contribution in [0.4, 0.5) is 0 Å². The minimum absolute atomic E-state index is 0.0161. The van der Waals surface area contributed by atoms with Gasteiger partial charge in [-0.15, -0.1) is 0 Å². The van der Waals surface area contributed by atoms with Crippen LogP contribution in [0, 0.1) is 13.8 Å². The third-order valence-corrected chi connectivity index (χ3v) is 4.68. The summed E-state index contributed by atoms with van der Waals surface area (Å²) in [4.78, 5) is 16.6. The molecule has 5 nitrogen and oxygen atoms in total. The lowest BCUT2D eigenvalue weighted by Crippen LogP contribution is -2.15. The summed E-state index contributed by atoms with van der Waals surface area (Å²) in [5.74, 6) is 0.539. The first-order chi connectivity index (χ1) is 13.0. The van der Waals surface area contributed by atoms with Crippen LogP contribution in [0.5, 0.6) is 11.5 Å². The Morgan fingerprint density at radius 2 is 1.89 bits per heavy atom. The second-order valence-corrected chi connectivity index (χ2v) is 6.50. The molecule has 27 heavy (non-hydrogen) atoms. The number of aromatic nitrogens is 1. The first kappa shape index (κ1) is 19.0. The number of halogens is 1. The minimum Gasteiger partial charge on any atom is -0.493 e. The fourth-order valence-electron chi connectivity index (χ4n) is 2.73. The van der Waals surface area contributed by atoms with E-state index in [4.69, 9.17) is 25.8 Å². The van der Waals surface area contributed by atoms with E-state index in [0.29, 0.717) is 22.2 Å². The van der Waals surface area contributed by atoms with Gasteiger partial charge in [-0.05, 0) is 43.2 Å². The van der Waals surface area contributed by atoms with Crippen LogP contribution in [0.2, 0.25) is 5.02 Å². The molecule has 0 unspecified atom stereocenters. The van der Waals surface area contributed by atoms with Crippen LogP contribution < -0.4 is 9.47 Å². The number of benzene rings is 2. The lowest BCUT2D eigenvalue weighted by Gasteiger charge is -2.12. The molecule has 0 bridgehead atoms. The maximum atomic E-state index is 12.1. The fourth-order valence-corrected chi connectivity index (χ4v) is 2.93. The van der Waals surface area contributed by atoms with E-state index in [-0.39, 0.29) is 13.2 Å². The summed E-state index contributed by atoms with van der Waals surface area (Å²) in [7, 11) is 1.55. The zero-order valence-electron chi connectivity index (χ0n) is 15.4. The van der Waals surface area contributed by atoms with Crippen molar-refractivity contribution in [2.24, 2.45) is 0 Å². The molecule has 2 aromatic carbocycles. The molecule has 1 heterocycles. The third-order valence-electron chi connectivity index (χ3n) is 4.18. The molecule has 1 aromatic heterocycles. The number of methoxy groups -OCH3 is 1. The summed E-state index contributed by atoms with van der Waals surface area (Å²) in [5, 5.41) is 1.48. The number of hydrogen-bond donors (Lipinski definition) is 0. The summed E-state index contributed by atoms with van der Waals surface area (Å²) in [5.41, 5.74) is 3.28. The van der Waals surface area contributed by atoms with Crippen molar-refractivity contribution < 1.29 is 19.0 Å². The van der Waals surface area contributed by atoms with E-state index in [0.717, 1.165) is 22.0 Å². The number of para-hydroxylation sites is 1.